The zero-order valence-corrected chi connectivity index (χ0v) is 18.8. The SMILES string of the molecule is CC(C)[Si](OC[C@H]1OC2(C=CC(=O)O2)[C@H]2OC(C)(C)O[C@@H]12)(C(C)C)C(C)C. The number of carbonyl (C=O) groups is 1. The molecular weight excluding hydrogens is 364 g/mol. The van der Waals surface area contributed by atoms with Crippen LogP contribution in [0.15, 0.2) is 12.2 Å². The van der Waals surface area contributed by atoms with E-state index in [2.05, 4.69) is 41.5 Å². The highest BCUT2D eigenvalue weighted by atomic mass is 28.4. The first-order valence-electron chi connectivity index (χ1n) is 10.0. The van der Waals surface area contributed by atoms with Crippen LogP contribution in [0.5, 0.6) is 0 Å². The summed E-state index contributed by atoms with van der Waals surface area (Å²) >= 11 is 0. The average Bonchev–Trinajstić information content (AvgIpc) is 3.13. The number of carbonyl (C=O) groups excluding carboxylic acids is 1. The standard InChI is InChI=1S/C20H34O6Si/c1-12(2)27(13(3)4,14(5)6)22-11-15-17-18(26-19(7,8)25-17)20(23-15)10-9-16(21)24-20/h9-10,12-15,17-18H,11H2,1-8H3/t15-,17+,18+,20?/m1/s1. The quantitative estimate of drug-likeness (QED) is 0.499. The molecule has 1 spiro atoms. The van der Waals surface area contributed by atoms with E-state index in [4.69, 9.17) is 23.4 Å². The Hall–Kier alpha value is -0.733. The molecular formula is C20H34O6Si. The number of fused-ring (bicyclic) bond motifs is 2. The fourth-order valence-corrected chi connectivity index (χ4v) is 10.7. The largest absolute Gasteiger partial charge is 0.423 e. The van der Waals surface area contributed by atoms with Gasteiger partial charge in [0.05, 0.1) is 6.61 Å². The van der Waals surface area contributed by atoms with Crippen LogP contribution in [0.2, 0.25) is 16.6 Å². The molecule has 7 heteroatoms. The van der Waals surface area contributed by atoms with Crippen LogP contribution in [-0.4, -0.2) is 50.8 Å². The summed E-state index contributed by atoms with van der Waals surface area (Å²) in [5.74, 6) is -2.38. The van der Waals surface area contributed by atoms with Crippen LogP contribution in [-0.2, 0) is 28.2 Å². The third kappa shape index (κ3) is 3.42. The van der Waals surface area contributed by atoms with Gasteiger partial charge in [0, 0.05) is 6.08 Å². The Labute approximate surface area is 163 Å². The lowest BCUT2D eigenvalue weighted by Gasteiger charge is -2.43. The lowest BCUT2D eigenvalue weighted by molar-refractivity contribution is -0.258. The first-order chi connectivity index (χ1) is 12.4. The van der Waals surface area contributed by atoms with Gasteiger partial charge >= 0.3 is 5.97 Å². The van der Waals surface area contributed by atoms with Crippen LogP contribution >= 0.6 is 0 Å². The average molecular weight is 399 g/mol. The molecule has 0 amide bonds. The van der Waals surface area contributed by atoms with Crippen LogP contribution in [0.3, 0.4) is 0 Å². The molecule has 1 unspecified atom stereocenters. The normalized spacial score (nSPS) is 35.1. The van der Waals surface area contributed by atoms with Crippen molar-refractivity contribution < 1.29 is 28.2 Å². The summed E-state index contributed by atoms with van der Waals surface area (Å²) in [5, 5.41) is 0. The fraction of sp³-hybridized carbons (Fsp3) is 0.850. The Bertz CT molecular complexity index is 592. The minimum Gasteiger partial charge on any atom is -0.423 e. The second-order valence-corrected chi connectivity index (χ2v) is 14.7. The van der Waals surface area contributed by atoms with Crippen LogP contribution in [0.1, 0.15) is 55.4 Å². The third-order valence-electron chi connectivity index (χ3n) is 6.14. The highest BCUT2D eigenvalue weighted by Crippen LogP contribution is 2.48. The van der Waals surface area contributed by atoms with E-state index in [0.29, 0.717) is 23.2 Å². The summed E-state index contributed by atoms with van der Waals surface area (Å²) in [6.45, 7) is 17.7. The van der Waals surface area contributed by atoms with Gasteiger partial charge in [0.2, 0.25) is 0 Å². The van der Waals surface area contributed by atoms with E-state index in [0.717, 1.165) is 0 Å². The number of hydrogen-bond acceptors (Lipinski definition) is 6. The molecule has 4 atom stereocenters. The molecule has 0 saturated carbocycles. The predicted octanol–water partition coefficient (Wildman–Crippen LogP) is 3.91. The minimum absolute atomic E-state index is 0.339. The molecule has 6 nitrogen and oxygen atoms in total. The van der Waals surface area contributed by atoms with Gasteiger partial charge in [-0.3, -0.25) is 0 Å². The molecule has 0 aromatic rings. The second kappa shape index (κ2) is 6.95. The number of esters is 1. The summed E-state index contributed by atoms with van der Waals surface area (Å²) in [4.78, 5) is 11.7. The molecule has 0 N–H and O–H groups in total. The van der Waals surface area contributed by atoms with Gasteiger partial charge in [-0.15, -0.1) is 0 Å². The van der Waals surface area contributed by atoms with Gasteiger partial charge in [-0.1, -0.05) is 41.5 Å². The molecule has 154 valence electrons. The molecule has 0 bridgehead atoms. The summed E-state index contributed by atoms with van der Waals surface area (Å²) in [6.07, 6.45) is 1.86. The van der Waals surface area contributed by atoms with Crippen molar-refractivity contribution in [1.29, 1.82) is 0 Å². The molecule has 3 heterocycles. The van der Waals surface area contributed by atoms with E-state index in [9.17, 15) is 4.79 Å². The molecule has 3 aliphatic heterocycles. The molecule has 3 rings (SSSR count). The van der Waals surface area contributed by atoms with Gasteiger partial charge in [0.1, 0.15) is 12.2 Å². The summed E-state index contributed by atoms with van der Waals surface area (Å²) in [6, 6.07) is 0. The first-order valence-corrected chi connectivity index (χ1v) is 12.2. The van der Waals surface area contributed by atoms with E-state index in [1.807, 2.05) is 13.8 Å². The first kappa shape index (κ1) is 21.0. The van der Waals surface area contributed by atoms with Crippen molar-refractivity contribution in [2.24, 2.45) is 0 Å². The van der Waals surface area contributed by atoms with Crippen molar-refractivity contribution in [3.05, 3.63) is 12.2 Å². The van der Waals surface area contributed by atoms with Crippen molar-refractivity contribution in [2.75, 3.05) is 6.61 Å². The Morgan fingerprint density at radius 3 is 2.11 bits per heavy atom. The van der Waals surface area contributed by atoms with Crippen LogP contribution in [0, 0.1) is 0 Å². The van der Waals surface area contributed by atoms with E-state index >= 15 is 0 Å². The molecule has 0 radical (unpaired) electrons. The van der Waals surface area contributed by atoms with Gasteiger partial charge in [0.25, 0.3) is 5.79 Å². The summed E-state index contributed by atoms with van der Waals surface area (Å²) in [7, 11) is -2.04. The molecule has 0 aliphatic carbocycles. The smallest absolute Gasteiger partial charge is 0.333 e. The molecule has 2 fully saturated rings. The Kier molecular flexibility index (Phi) is 5.40. The van der Waals surface area contributed by atoms with Gasteiger partial charge in [-0.25, -0.2) is 4.79 Å². The van der Waals surface area contributed by atoms with E-state index in [-0.39, 0.29) is 12.2 Å². The van der Waals surface area contributed by atoms with Crippen molar-refractivity contribution >= 4 is 14.3 Å². The van der Waals surface area contributed by atoms with E-state index in [1.54, 1.807) is 6.08 Å². The van der Waals surface area contributed by atoms with Crippen molar-refractivity contribution in [1.82, 2.24) is 0 Å². The molecule has 0 aromatic carbocycles. The summed E-state index contributed by atoms with van der Waals surface area (Å²) in [5.41, 5.74) is 1.43. The van der Waals surface area contributed by atoms with Gasteiger partial charge in [-0.05, 0) is 36.5 Å². The zero-order chi connectivity index (χ0) is 20.2. The maximum Gasteiger partial charge on any atom is 0.333 e. The second-order valence-electron chi connectivity index (χ2n) is 9.28. The Balaban J connectivity index is 1.82. The highest BCUT2D eigenvalue weighted by Gasteiger charge is 2.65. The Morgan fingerprint density at radius 2 is 1.63 bits per heavy atom. The van der Waals surface area contributed by atoms with Crippen LogP contribution in [0.4, 0.5) is 0 Å². The fourth-order valence-electron chi connectivity index (χ4n) is 5.22. The lowest BCUT2D eigenvalue weighted by Crippen LogP contribution is -2.50. The maximum absolute atomic E-state index is 11.7. The van der Waals surface area contributed by atoms with Crippen LogP contribution < -0.4 is 0 Å². The van der Waals surface area contributed by atoms with E-state index in [1.165, 1.54) is 6.08 Å². The van der Waals surface area contributed by atoms with Gasteiger partial charge in [0.15, 0.2) is 20.2 Å². The van der Waals surface area contributed by atoms with E-state index < -0.39 is 32.0 Å². The van der Waals surface area contributed by atoms with Crippen molar-refractivity contribution in [2.45, 2.75) is 102 Å². The zero-order valence-electron chi connectivity index (χ0n) is 17.8. The summed E-state index contributed by atoms with van der Waals surface area (Å²) < 4.78 is 30.6. The number of ether oxygens (including phenoxy) is 4. The maximum atomic E-state index is 11.7. The molecule has 2 saturated heterocycles. The topological polar surface area (TPSA) is 63.2 Å². The predicted molar refractivity (Wildman–Crippen MR) is 104 cm³/mol. The van der Waals surface area contributed by atoms with Gasteiger partial charge < -0.3 is 23.4 Å². The molecule has 0 aromatic heterocycles. The Morgan fingerprint density at radius 1 is 1.04 bits per heavy atom. The monoisotopic (exact) mass is 398 g/mol. The molecule has 27 heavy (non-hydrogen) atoms. The minimum atomic E-state index is -2.04. The van der Waals surface area contributed by atoms with Crippen molar-refractivity contribution in [3.63, 3.8) is 0 Å². The number of hydrogen-bond donors (Lipinski definition) is 0. The molecule has 3 aliphatic rings. The van der Waals surface area contributed by atoms with Crippen LogP contribution in [0.25, 0.3) is 0 Å². The third-order valence-corrected chi connectivity index (χ3v) is 12.2. The number of rotatable bonds is 6. The highest BCUT2D eigenvalue weighted by molar-refractivity contribution is 6.77. The lowest BCUT2D eigenvalue weighted by atomic mass is 10.1. The van der Waals surface area contributed by atoms with Crippen molar-refractivity contribution in [3.8, 4) is 0 Å². The van der Waals surface area contributed by atoms with Gasteiger partial charge in [-0.2, -0.15) is 0 Å².